The molecule has 1 saturated carbocycles. The van der Waals surface area contributed by atoms with Gasteiger partial charge in [0.15, 0.2) is 5.65 Å². The maximum Gasteiger partial charge on any atom is 0.344 e. The molecular formula is C21H26N4O2. The van der Waals surface area contributed by atoms with Crippen molar-refractivity contribution in [1.82, 2.24) is 14.5 Å². The normalized spacial score (nSPS) is 16.1. The van der Waals surface area contributed by atoms with Gasteiger partial charge in [0.2, 0.25) is 0 Å². The van der Waals surface area contributed by atoms with Gasteiger partial charge in [-0.1, -0.05) is 31.4 Å². The van der Waals surface area contributed by atoms with Crippen molar-refractivity contribution in [2.24, 2.45) is 0 Å². The Labute approximate surface area is 158 Å². The number of ether oxygens (including phenoxy) is 1. The quantitative estimate of drug-likeness (QED) is 0.669. The summed E-state index contributed by atoms with van der Waals surface area (Å²) in [6, 6.07) is 7.93. The Morgan fingerprint density at radius 3 is 2.37 bits per heavy atom. The largest absolute Gasteiger partial charge is 0.456 e. The van der Waals surface area contributed by atoms with Crippen LogP contribution in [0, 0.1) is 0 Å². The average molecular weight is 366 g/mol. The summed E-state index contributed by atoms with van der Waals surface area (Å²) >= 11 is 0. The highest BCUT2D eigenvalue weighted by Gasteiger charge is 2.31. The summed E-state index contributed by atoms with van der Waals surface area (Å²) in [5.41, 5.74) is 9.00. The minimum atomic E-state index is -0.604. The summed E-state index contributed by atoms with van der Waals surface area (Å²) in [5, 5.41) is 0. The number of para-hydroxylation sites is 2. The molecule has 0 atom stereocenters. The van der Waals surface area contributed by atoms with Crippen molar-refractivity contribution < 1.29 is 9.53 Å². The van der Waals surface area contributed by atoms with E-state index in [2.05, 4.69) is 0 Å². The number of nitrogens with zero attached hydrogens (tertiary/aromatic N) is 3. The number of hydrogen-bond acceptors (Lipinski definition) is 5. The average Bonchev–Trinajstić information content (AvgIpc) is 2.90. The molecule has 1 aromatic carbocycles. The van der Waals surface area contributed by atoms with E-state index >= 15 is 0 Å². The Kier molecular flexibility index (Phi) is 4.29. The Morgan fingerprint density at radius 1 is 1.11 bits per heavy atom. The van der Waals surface area contributed by atoms with Gasteiger partial charge in [-0.25, -0.2) is 14.8 Å². The van der Waals surface area contributed by atoms with E-state index < -0.39 is 11.6 Å². The van der Waals surface area contributed by atoms with Crippen molar-refractivity contribution >= 4 is 34.0 Å². The summed E-state index contributed by atoms with van der Waals surface area (Å²) < 4.78 is 7.65. The van der Waals surface area contributed by atoms with Gasteiger partial charge in [-0.15, -0.1) is 0 Å². The summed E-state index contributed by atoms with van der Waals surface area (Å²) in [6.07, 6.45) is 5.63. The van der Waals surface area contributed by atoms with Gasteiger partial charge in [0, 0.05) is 6.04 Å². The molecule has 2 N–H and O–H groups in total. The number of carbonyl (C=O) groups is 1. The molecule has 0 spiro atoms. The zero-order valence-electron chi connectivity index (χ0n) is 16.2. The number of rotatable bonds is 2. The van der Waals surface area contributed by atoms with Crippen LogP contribution in [0.1, 0.15) is 69.3 Å². The first-order chi connectivity index (χ1) is 12.8. The second-order valence-electron chi connectivity index (χ2n) is 8.31. The topological polar surface area (TPSA) is 83.0 Å². The first-order valence-corrected chi connectivity index (χ1v) is 9.64. The van der Waals surface area contributed by atoms with E-state index in [-0.39, 0.29) is 6.04 Å². The minimum absolute atomic E-state index is 0.243. The van der Waals surface area contributed by atoms with Crippen molar-refractivity contribution in [1.29, 1.82) is 0 Å². The third-order valence-corrected chi connectivity index (χ3v) is 5.08. The van der Waals surface area contributed by atoms with Gasteiger partial charge in [-0.3, -0.25) is 0 Å². The number of esters is 1. The van der Waals surface area contributed by atoms with Crippen LogP contribution >= 0.6 is 0 Å². The number of aromatic nitrogens is 3. The molecule has 142 valence electrons. The predicted molar refractivity (Wildman–Crippen MR) is 107 cm³/mol. The van der Waals surface area contributed by atoms with E-state index in [9.17, 15) is 4.79 Å². The van der Waals surface area contributed by atoms with E-state index in [1.54, 1.807) is 0 Å². The fourth-order valence-corrected chi connectivity index (χ4v) is 3.92. The number of anilines is 1. The zero-order valence-corrected chi connectivity index (χ0v) is 16.2. The second kappa shape index (κ2) is 6.51. The molecule has 0 unspecified atom stereocenters. The minimum Gasteiger partial charge on any atom is -0.456 e. The lowest BCUT2D eigenvalue weighted by atomic mass is 9.95. The van der Waals surface area contributed by atoms with E-state index in [4.69, 9.17) is 20.4 Å². The van der Waals surface area contributed by atoms with E-state index in [1.807, 2.05) is 49.6 Å². The fourth-order valence-electron chi connectivity index (χ4n) is 3.92. The van der Waals surface area contributed by atoms with Crippen molar-refractivity contribution in [3.63, 3.8) is 0 Å². The molecule has 0 bridgehead atoms. The Bertz CT molecular complexity index is 1010. The third kappa shape index (κ3) is 3.24. The first kappa shape index (κ1) is 17.8. The van der Waals surface area contributed by atoms with Gasteiger partial charge in [-0.05, 0) is 45.7 Å². The highest BCUT2D eigenvalue weighted by molar-refractivity contribution is 6.08. The zero-order chi connectivity index (χ0) is 19.2. The van der Waals surface area contributed by atoms with Crippen LogP contribution in [0.5, 0.6) is 0 Å². The predicted octanol–water partition coefficient (Wildman–Crippen LogP) is 4.63. The summed E-state index contributed by atoms with van der Waals surface area (Å²) in [6.45, 7) is 5.55. The number of benzene rings is 1. The molecule has 4 rings (SSSR count). The Morgan fingerprint density at radius 2 is 1.74 bits per heavy atom. The van der Waals surface area contributed by atoms with Gasteiger partial charge in [-0.2, -0.15) is 0 Å². The number of nitrogen functional groups attached to an aromatic ring is 1. The molecule has 1 aliphatic rings. The number of carbonyl (C=O) groups excluding carboxylic acids is 1. The van der Waals surface area contributed by atoms with Crippen LogP contribution in [0.2, 0.25) is 0 Å². The van der Waals surface area contributed by atoms with Gasteiger partial charge in [0.25, 0.3) is 0 Å². The highest BCUT2D eigenvalue weighted by atomic mass is 16.6. The summed E-state index contributed by atoms with van der Waals surface area (Å²) in [4.78, 5) is 22.5. The molecule has 6 heteroatoms. The van der Waals surface area contributed by atoms with Crippen LogP contribution in [0.25, 0.3) is 22.2 Å². The standard InChI is InChI=1S/C21H26N4O2/c1-21(2,3)27-20(26)16-17-19(24-15-12-8-7-11-14(15)23-17)25(18(16)22)13-9-5-4-6-10-13/h7-8,11-13H,4-6,9-10,22H2,1-3H3. The first-order valence-electron chi connectivity index (χ1n) is 9.64. The van der Waals surface area contributed by atoms with Crippen LogP contribution in [0.4, 0.5) is 5.82 Å². The van der Waals surface area contributed by atoms with Crippen LogP contribution in [0.3, 0.4) is 0 Å². The monoisotopic (exact) mass is 366 g/mol. The molecule has 27 heavy (non-hydrogen) atoms. The van der Waals surface area contributed by atoms with Gasteiger partial charge < -0.3 is 15.0 Å². The van der Waals surface area contributed by atoms with Crippen LogP contribution in [0.15, 0.2) is 24.3 Å². The smallest absolute Gasteiger partial charge is 0.344 e. The molecule has 2 aromatic heterocycles. The molecule has 0 radical (unpaired) electrons. The van der Waals surface area contributed by atoms with Crippen molar-refractivity contribution in [3.8, 4) is 0 Å². The van der Waals surface area contributed by atoms with Gasteiger partial charge in [0.05, 0.1) is 11.0 Å². The van der Waals surface area contributed by atoms with E-state index in [1.165, 1.54) is 6.42 Å². The van der Waals surface area contributed by atoms with Crippen LogP contribution < -0.4 is 5.73 Å². The third-order valence-electron chi connectivity index (χ3n) is 5.08. The van der Waals surface area contributed by atoms with Crippen molar-refractivity contribution in [3.05, 3.63) is 29.8 Å². The van der Waals surface area contributed by atoms with E-state index in [0.29, 0.717) is 22.5 Å². The molecule has 2 heterocycles. The lowest BCUT2D eigenvalue weighted by molar-refractivity contribution is 0.00727. The molecule has 0 amide bonds. The lowest BCUT2D eigenvalue weighted by Crippen LogP contribution is -2.24. The van der Waals surface area contributed by atoms with Crippen molar-refractivity contribution in [2.75, 3.05) is 5.73 Å². The van der Waals surface area contributed by atoms with Crippen LogP contribution in [-0.2, 0) is 4.74 Å². The second-order valence-corrected chi connectivity index (χ2v) is 8.31. The maximum absolute atomic E-state index is 12.9. The molecule has 0 aliphatic heterocycles. The SMILES string of the molecule is CC(C)(C)OC(=O)c1c(N)n(C2CCCCC2)c2nc3ccccc3nc12. The molecule has 0 saturated heterocycles. The molecule has 1 aliphatic carbocycles. The van der Waals surface area contributed by atoms with Crippen LogP contribution in [-0.4, -0.2) is 26.1 Å². The molecular weight excluding hydrogens is 340 g/mol. The Hall–Kier alpha value is -2.63. The molecule has 1 fully saturated rings. The molecule has 6 nitrogen and oxygen atoms in total. The van der Waals surface area contributed by atoms with Crippen molar-refractivity contribution in [2.45, 2.75) is 64.5 Å². The lowest BCUT2D eigenvalue weighted by Gasteiger charge is -2.25. The number of nitrogens with two attached hydrogens (primary N) is 1. The molecule has 3 aromatic rings. The highest BCUT2D eigenvalue weighted by Crippen LogP contribution is 2.37. The maximum atomic E-state index is 12.9. The number of fused-ring (bicyclic) bond motifs is 2. The summed E-state index contributed by atoms with van der Waals surface area (Å²) in [7, 11) is 0. The fraction of sp³-hybridized carbons (Fsp3) is 0.476. The summed E-state index contributed by atoms with van der Waals surface area (Å²) in [5.74, 6) is -0.0226. The van der Waals surface area contributed by atoms with E-state index in [0.717, 1.165) is 36.7 Å². The number of hydrogen-bond donors (Lipinski definition) is 1. The van der Waals surface area contributed by atoms with Gasteiger partial charge in [0.1, 0.15) is 22.5 Å². The van der Waals surface area contributed by atoms with Gasteiger partial charge >= 0.3 is 5.97 Å². The Balaban J connectivity index is 1.96.